The molecule has 0 radical (unpaired) electrons. The van der Waals surface area contributed by atoms with Crippen LogP contribution in [0.25, 0.3) is 0 Å². The fourth-order valence-corrected chi connectivity index (χ4v) is 2.18. The zero-order chi connectivity index (χ0) is 10.4. The third kappa shape index (κ3) is 1.35. The van der Waals surface area contributed by atoms with Crippen LogP contribution in [0.5, 0.6) is 0 Å². The number of rotatable bonds is 2. The second kappa shape index (κ2) is 3.07. The van der Waals surface area contributed by atoms with Gasteiger partial charge in [0.2, 0.25) is 0 Å². The van der Waals surface area contributed by atoms with Crippen molar-refractivity contribution in [2.24, 2.45) is 5.73 Å². The zero-order valence-electron chi connectivity index (χ0n) is 8.57. The SMILES string of the molecule is NCc1ccc2c(c1)C(=O)N(C1CC1)C2. The van der Waals surface area contributed by atoms with Crippen molar-refractivity contribution >= 4 is 5.91 Å². The van der Waals surface area contributed by atoms with Crippen LogP contribution in [0.3, 0.4) is 0 Å². The quantitative estimate of drug-likeness (QED) is 0.784. The van der Waals surface area contributed by atoms with Gasteiger partial charge < -0.3 is 10.6 Å². The van der Waals surface area contributed by atoms with Crippen molar-refractivity contribution in [1.82, 2.24) is 4.90 Å². The smallest absolute Gasteiger partial charge is 0.254 e. The van der Waals surface area contributed by atoms with Crippen molar-refractivity contribution in [2.45, 2.75) is 32.0 Å². The highest BCUT2D eigenvalue weighted by Gasteiger charge is 2.37. The summed E-state index contributed by atoms with van der Waals surface area (Å²) in [6, 6.07) is 6.51. The third-order valence-corrected chi connectivity index (χ3v) is 3.23. The van der Waals surface area contributed by atoms with E-state index in [1.807, 2.05) is 23.1 Å². The molecule has 3 rings (SSSR count). The molecule has 1 fully saturated rings. The first kappa shape index (κ1) is 8.92. The summed E-state index contributed by atoms with van der Waals surface area (Å²) in [5.41, 5.74) is 8.63. The zero-order valence-corrected chi connectivity index (χ0v) is 8.57. The Labute approximate surface area is 88.9 Å². The van der Waals surface area contributed by atoms with Gasteiger partial charge in [-0.25, -0.2) is 0 Å². The summed E-state index contributed by atoms with van der Waals surface area (Å²) < 4.78 is 0. The van der Waals surface area contributed by atoms with Gasteiger partial charge in [-0.15, -0.1) is 0 Å². The van der Waals surface area contributed by atoms with Crippen molar-refractivity contribution in [3.05, 3.63) is 34.9 Å². The number of hydrogen-bond acceptors (Lipinski definition) is 2. The van der Waals surface area contributed by atoms with Crippen LogP contribution >= 0.6 is 0 Å². The largest absolute Gasteiger partial charge is 0.331 e. The average Bonchev–Trinajstić information content (AvgIpc) is 3.05. The van der Waals surface area contributed by atoms with E-state index < -0.39 is 0 Å². The summed E-state index contributed by atoms with van der Waals surface area (Å²) in [7, 11) is 0. The van der Waals surface area contributed by atoms with E-state index in [9.17, 15) is 4.79 Å². The number of nitrogens with two attached hydrogens (primary N) is 1. The Bertz CT molecular complexity index is 424. The van der Waals surface area contributed by atoms with Crippen LogP contribution in [-0.4, -0.2) is 16.8 Å². The maximum absolute atomic E-state index is 12.0. The molecule has 0 atom stereocenters. The molecule has 0 saturated heterocycles. The molecule has 1 heterocycles. The summed E-state index contributed by atoms with van der Waals surface area (Å²) in [6.07, 6.45) is 2.34. The highest BCUT2D eigenvalue weighted by atomic mass is 16.2. The molecule has 0 spiro atoms. The third-order valence-electron chi connectivity index (χ3n) is 3.23. The lowest BCUT2D eigenvalue weighted by molar-refractivity contribution is 0.0766. The summed E-state index contributed by atoms with van der Waals surface area (Å²) in [4.78, 5) is 14.0. The highest BCUT2D eigenvalue weighted by molar-refractivity contribution is 5.98. The molecule has 2 N–H and O–H groups in total. The minimum atomic E-state index is 0.197. The molecule has 0 bridgehead atoms. The topological polar surface area (TPSA) is 46.3 Å². The lowest BCUT2D eigenvalue weighted by atomic mass is 10.1. The van der Waals surface area contributed by atoms with Crippen LogP contribution in [0.15, 0.2) is 18.2 Å². The average molecular weight is 202 g/mol. The molecule has 3 heteroatoms. The van der Waals surface area contributed by atoms with E-state index in [1.165, 1.54) is 12.8 Å². The van der Waals surface area contributed by atoms with Crippen molar-refractivity contribution < 1.29 is 4.79 Å². The molecule has 15 heavy (non-hydrogen) atoms. The summed E-state index contributed by atoms with van der Waals surface area (Å²) in [5.74, 6) is 0.197. The minimum absolute atomic E-state index is 0.197. The van der Waals surface area contributed by atoms with Gasteiger partial charge in [-0.3, -0.25) is 4.79 Å². The number of hydrogen-bond donors (Lipinski definition) is 1. The standard InChI is InChI=1S/C12H14N2O/c13-6-8-1-2-9-7-14(10-3-4-10)12(15)11(9)5-8/h1-2,5,10H,3-4,6-7,13H2. The van der Waals surface area contributed by atoms with Gasteiger partial charge in [0.1, 0.15) is 0 Å². The van der Waals surface area contributed by atoms with Gasteiger partial charge in [0.25, 0.3) is 5.91 Å². The Morgan fingerprint density at radius 1 is 1.40 bits per heavy atom. The lowest BCUT2D eigenvalue weighted by Crippen LogP contribution is -2.25. The van der Waals surface area contributed by atoms with E-state index in [-0.39, 0.29) is 5.91 Å². The predicted molar refractivity (Wildman–Crippen MR) is 57.2 cm³/mol. The minimum Gasteiger partial charge on any atom is -0.331 e. The van der Waals surface area contributed by atoms with Crippen LogP contribution in [0.2, 0.25) is 0 Å². The van der Waals surface area contributed by atoms with E-state index in [0.29, 0.717) is 12.6 Å². The Kier molecular flexibility index (Phi) is 1.83. The van der Waals surface area contributed by atoms with Crippen LogP contribution in [0.4, 0.5) is 0 Å². The summed E-state index contributed by atoms with van der Waals surface area (Å²) in [6.45, 7) is 1.30. The molecule has 1 aromatic rings. The first-order valence-corrected chi connectivity index (χ1v) is 5.42. The Hall–Kier alpha value is -1.35. The maximum Gasteiger partial charge on any atom is 0.254 e. The first-order valence-electron chi connectivity index (χ1n) is 5.42. The van der Waals surface area contributed by atoms with Crippen molar-refractivity contribution in [1.29, 1.82) is 0 Å². The monoisotopic (exact) mass is 202 g/mol. The lowest BCUT2D eigenvalue weighted by Gasteiger charge is -2.13. The fraction of sp³-hybridized carbons (Fsp3) is 0.417. The molecular weight excluding hydrogens is 188 g/mol. The van der Waals surface area contributed by atoms with Crippen LogP contribution < -0.4 is 5.73 Å². The molecule has 0 unspecified atom stereocenters. The Morgan fingerprint density at radius 3 is 2.87 bits per heavy atom. The molecule has 2 aliphatic rings. The van der Waals surface area contributed by atoms with Gasteiger partial charge in [-0.05, 0) is 30.0 Å². The van der Waals surface area contributed by atoms with E-state index in [1.54, 1.807) is 0 Å². The normalized spacial score (nSPS) is 19.5. The molecule has 1 aromatic carbocycles. The molecule has 1 amide bonds. The van der Waals surface area contributed by atoms with Gasteiger partial charge in [-0.2, -0.15) is 0 Å². The second-order valence-corrected chi connectivity index (χ2v) is 4.36. The van der Waals surface area contributed by atoms with Gasteiger partial charge in [0, 0.05) is 24.7 Å². The molecule has 3 nitrogen and oxygen atoms in total. The van der Waals surface area contributed by atoms with Crippen LogP contribution in [-0.2, 0) is 13.1 Å². The number of fused-ring (bicyclic) bond motifs is 1. The van der Waals surface area contributed by atoms with Crippen molar-refractivity contribution in [3.63, 3.8) is 0 Å². The second-order valence-electron chi connectivity index (χ2n) is 4.36. The molecule has 1 aliphatic carbocycles. The molecule has 78 valence electrons. The van der Waals surface area contributed by atoms with E-state index in [4.69, 9.17) is 5.73 Å². The summed E-state index contributed by atoms with van der Waals surface area (Å²) in [5, 5.41) is 0. The van der Waals surface area contributed by atoms with E-state index >= 15 is 0 Å². The molecule has 1 aliphatic heterocycles. The van der Waals surface area contributed by atoms with Gasteiger partial charge in [-0.1, -0.05) is 12.1 Å². The van der Waals surface area contributed by atoms with Crippen LogP contribution in [0.1, 0.15) is 34.3 Å². The Morgan fingerprint density at radius 2 is 2.20 bits per heavy atom. The molecular formula is C12H14N2O. The van der Waals surface area contributed by atoms with Crippen LogP contribution in [0, 0.1) is 0 Å². The number of carbonyl (C=O) groups is 1. The van der Waals surface area contributed by atoms with Gasteiger partial charge >= 0.3 is 0 Å². The van der Waals surface area contributed by atoms with Crippen molar-refractivity contribution in [3.8, 4) is 0 Å². The molecule has 0 aromatic heterocycles. The first-order chi connectivity index (χ1) is 7.29. The van der Waals surface area contributed by atoms with E-state index in [2.05, 4.69) is 0 Å². The van der Waals surface area contributed by atoms with Gasteiger partial charge in [0.15, 0.2) is 0 Å². The van der Waals surface area contributed by atoms with Gasteiger partial charge in [0.05, 0.1) is 0 Å². The van der Waals surface area contributed by atoms with Crippen molar-refractivity contribution in [2.75, 3.05) is 0 Å². The number of nitrogens with zero attached hydrogens (tertiary/aromatic N) is 1. The maximum atomic E-state index is 12.0. The Balaban J connectivity index is 1.97. The number of carbonyl (C=O) groups excluding carboxylic acids is 1. The number of amides is 1. The summed E-state index contributed by atoms with van der Waals surface area (Å²) >= 11 is 0. The molecule has 1 saturated carbocycles. The predicted octanol–water partition coefficient (Wildman–Crippen LogP) is 1.26. The van der Waals surface area contributed by atoms with E-state index in [0.717, 1.165) is 23.2 Å². The fourth-order valence-electron chi connectivity index (χ4n) is 2.18. The number of benzene rings is 1. The highest BCUT2D eigenvalue weighted by Crippen LogP contribution is 2.34.